The van der Waals surface area contributed by atoms with Gasteiger partial charge in [0.2, 0.25) is 0 Å². The van der Waals surface area contributed by atoms with E-state index in [1.807, 2.05) is 31.2 Å². The summed E-state index contributed by atoms with van der Waals surface area (Å²) in [6, 6.07) is 12.7. The molecule has 1 aromatic carbocycles. The number of rotatable bonds is 6. The Morgan fingerprint density at radius 1 is 1.14 bits per heavy atom. The Balaban J connectivity index is 1.54. The van der Waals surface area contributed by atoms with Crippen molar-refractivity contribution in [2.45, 2.75) is 43.6 Å². The molecular weight excluding hydrogens is 462 g/mol. The summed E-state index contributed by atoms with van der Waals surface area (Å²) in [7, 11) is -3.50. The van der Waals surface area contributed by atoms with Gasteiger partial charge < -0.3 is 14.9 Å². The number of aliphatic imine (C=N–C) groups is 1. The Kier molecular flexibility index (Phi) is 6.09. The quantitative estimate of drug-likeness (QED) is 0.476. The van der Waals surface area contributed by atoms with E-state index in [0.717, 1.165) is 46.9 Å². The van der Waals surface area contributed by atoms with Crippen LogP contribution in [0.4, 0.5) is 22.9 Å². The fourth-order valence-electron chi connectivity index (χ4n) is 4.50. The molecule has 9 heteroatoms. The molecule has 2 aliphatic rings. The Labute approximate surface area is 204 Å². The minimum absolute atomic E-state index is 0.0766. The molecule has 1 N–H and O–H groups in total. The largest absolute Gasteiger partial charge is 0.374 e. The van der Waals surface area contributed by atoms with E-state index in [4.69, 9.17) is 16.3 Å². The SMILES string of the molecule is [C-]#[N+]c1cccc(Cc2cc(Nc3ccc([C@H]4CCCO4)cc3S(C)(=O)=O)c3c(n2)CC(C)=N3)n1. The van der Waals surface area contributed by atoms with Crippen molar-refractivity contribution in [3.05, 3.63) is 76.5 Å². The first-order valence-corrected chi connectivity index (χ1v) is 13.3. The lowest BCUT2D eigenvalue weighted by molar-refractivity contribution is 0.112. The molecule has 3 aromatic rings. The van der Waals surface area contributed by atoms with Gasteiger partial charge in [0.1, 0.15) is 11.4 Å². The number of nitrogens with zero attached hydrogens (tertiary/aromatic N) is 4. The van der Waals surface area contributed by atoms with Crippen LogP contribution < -0.4 is 5.32 Å². The Morgan fingerprint density at radius 2 is 2.00 bits per heavy atom. The van der Waals surface area contributed by atoms with Crippen molar-refractivity contribution in [1.29, 1.82) is 0 Å². The predicted molar refractivity (Wildman–Crippen MR) is 135 cm³/mol. The third-order valence-electron chi connectivity index (χ3n) is 6.09. The van der Waals surface area contributed by atoms with Crippen molar-refractivity contribution in [1.82, 2.24) is 9.97 Å². The van der Waals surface area contributed by atoms with Crippen molar-refractivity contribution in [3.8, 4) is 0 Å². The smallest absolute Gasteiger partial charge is 0.269 e. The van der Waals surface area contributed by atoms with Gasteiger partial charge in [-0.2, -0.15) is 0 Å². The Bertz CT molecular complexity index is 1490. The molecule has 0 unspecified atom stereocenters. The molecule has 1 fully saturated rings. The predicted octanol–water partition coefficient (Wildman–Crippen LogP) is 5.27. The minimum Gasteiger partial charge on any atom is -0.374 e. The van der Waals surface area contributed by atoms with Crippen LogP contribution in [-0.2, 0) is 27.4 Å². The number of nitrogens with one attached hydrogen (secondary N) is 1. The van der Waals surface area contributed by atoms with Gasteiger partial charge in [-0.25, -0.2) is 8.42 Å². The lowest BCUT2D eigenvalue weighted by Gasteiger charge is -2.17. The first-order valence-electron chi connectivity index (χ1n) is 11.4. The normalized spacial score (nSPS) is 17.1. The highest BCUT2D eigenvalue weighted by Gasteiger charge is 2.24. The molecular formula is C26H25N5O3S. The third-order valence-corrected chi connectivity index (χ3v) is 7.23. The second-order valence-corrected chi connectivity index (χ2v) is 10.9. The highest BCUT2D eigenvalue weighted by molar-refractivity contribution is 7.90. The first kappa shape index (κ1) is 23.1. The molecule has 0 bridgehead atoms. The molecule has 4 heterocycles. The van der Waals surface area contributed by atoms with E-state index in [1.165, 1.54) is 6.26 Å². The molecule has 2 aliphatic heterocycles. The summed E-state index contributed by atoms with van der Waals surface area (Å²) in [5, 5.41) is 3.33. The van der Waals surface area contributed by atoms with Gasteiger partial charge in [-0.05, 0) is 55.7 Å². The van der Waals surface area contributed by atoms with Crippen molar-refractivity contribution < 1.29 is 13.2 Å². The summed E-state index contributed by atoms with van der Waals surface area (Å²) in [5.74, 6) is 0.338. The van der Waals surface area contributed by atoms with Gasteiger partial charge in [-0.1, -0.05) is 18.7 Å². The standard InChI is InChI=1S/C26H25N5O3S/c1-16-12-21-26(28-16)22(15-19(29-21)14-18-6-4-8-25(27-2)30-18)31-20-10-9-17(23-7-5-11-34-23)13-24(20)35(3,32)33/h4,6,8-10,13,15,23H,5,7,11-12,14H2,1,3H3,(H,29,31)/t23-/m1/s1. The van der Waals surface area contributed by atoms with Crippen molar-refractivity contribution in [3.63, 3.8) is 0 Å². The van der Waals surface area contributed by atoms with Crippen molar-refractivity contribution >= 4 is 38.4 Å². The first-order chi connectivity index (χ1) is 16.8. The van der Waals surface area contributed by atoms with Crippen LogP contribution in [0.5, 0.6) is 0 Å². The molecule has 5 rings (SSSR count). The molecule has 8 nitrogen and oxygen atoms in total. The fraction of sp³-hybridized carbons (Fsp3) is 0.308. The molecule has 1 saturated heterocycles. The zero-order valence-corrected chi connectivity index (χ0v) is 20.4. The highest BCUT2D eigenvalue weighted by atomic mass is 32.2. The molecule has 178 valence electrons. The summed E-state index contributed by atoms with van der Waals surface area (Å²) in [6.07, 6.45) is 4.07. The number of fused-ring (bicyclic) bond motifs is 1. The van der Waals surface area contributed by atoms with Crippen LogP contribution in [-0.4, -0.2) is 37.0 Å². The van der Waals surface area contributed by atoms with Gasteiger partial charge >= 0.3 is 0 Å². The maximum absolute atomic E-state index is 12.7. The van der Waals surface area contributed by atoms with Crippen LogP contribution in [0.1, 0.15) is 48.5 Å². The minimum atomic E-state index is -3.50. The molecule has 1 atom stereocenters. The summed E-state index contributed by atoms with van der Waals surface area (Å²) >= 11 is 0. The Morgan fingerprint density at radius 3 is 2.74 bits per heavy atom. The van der Waals surface area contributed by atoms with E-state index < -0.39 is 9.84 Å². The number of hydrogen-bond acceptors (Lipinski definition) is 7. The molecule has 2 aromatic heterocycles. The Hall–Kier alpha value is -3.61. The number of benzene rings is 1. The molecule has 0 spiro atoms. The summed E-state index contributed by atoms with van der Waals surface area (Å²) < 4.78 is 31.2. The number of pyridine rings is 2. The lowest BCUT2D eigenvalue weighted by atomic mass is 10.1. The summed E-state index contributed by atoms with van der Waals surface area (Å²) in [5.41, 5.74) is 6.05. The van der Waals surface area contributed by atoms with E-state index in [9.17, 15) is 8.42 Å². The number of hydrogen-bond donors (Lipinski definition) is 1. The second kappa shape index (κ2) is 9.21. The van der Waals surface area contributed by atoms with E-state index in [2.05, 4.69) is 20.1 Å². The molecule has 0 radical (unpaired) electrons. The zero-order valence-electron chi connectivity index (χ0n) is 19.6. The molecule has 35 heavy (non-hydrogen) atoms. The summed E-state index contributed by atoms with van der Waals surface area (Å²) in [4.78, 5) is 17.4. The van der Waals surface area contributed by atoms with Crippen molar-refractivity contribution in [2.75, 3.05) is 18.2 Å². The fourth-order valence-corrected chi connectivity index (χ4v) is 5.37. The highest BCUT2D eigenvalue weighted by Crippen LogP contribution is 2.39. The van der Waals surface area contributed by atoms with Crippen LogP contribution in [0.15, 0.2) is 52.4 Å². The van der Waals surface area contributed by atoms with Crippen molar-refractivity contribution in [2.24, 2.45) is 4.99 Å². The topological polar surface area (TPSA) is 97.9 Å². The zero-order chi connectivity index (χ0) is 24.6. The van der Waals surface area contributed by atoms with Gasteiger partial charge in [0.05, 0.1) is 40.2 Å². The van der Waals surface area contributed by atoms with Crippen LogP contribution in [0.2, 0.25) is 0 Å². The molecule has 0 amide bonds. The van der Waals surface area contributed by atoms with Gasteiger partial charge in [0.15, 0.2) is 9.84 Å². The maximum Gasteiger partial charge on any atom is 0.269 e. The van der Waals surface area contributed by atoms with E-state index >= 15 is 0 Å². The van der Waals surface area contributed by atoms with E-state index in [0.29, 0.717) is 36.6 Å². The summed E-state index contributed by atoms with van der Waals surface area (Å²) in [6.45, 7) is 9.85. The number of anilines is 2. The van der Waals surface area contributed by atoms with Crippen LogP contribution in [0.3, 0.4) is 0 Å². The van der Waals surface area contributed by atoms with Gasteiger partial charge in [-0.3, -0.25) is 9.98 Å². The van der Waals surface area contributed by atoms with Gasteiger partial charge in [0, 0.05) is 25.0 Å². The van der Waals surface area contributed by atoms with Gasteiger partial charge in [-0.15, -0.1) is 4.98 Å². The van der Waals surface area contributed by atoms with Crippen LogP contribution in [0.25, 0.3) is 4.85 Å². The average Bonchev–Trinajstić information content (AvgIpc) is 3.48. The van der Waals surface area contributed by atoms with E-state index in [-0.39, 0.29) is 11.0 Å². The third kappa shape index (κ3) is 4.94. The molecule has 0 saturated carbocycles. The second-order valence-electron chi connectivity index (χ2n) is 8.91. The average molecular weight is 488 g/mol. The van der Waals surface area contributed by atoms with Gasteiger partial charge in [0.25, 0.3) is 5.82 Å². The number of aromatic nitrogens is 2. The monoisotopic (exact) mass is 487 g/mol. The van der Waals surface area contributed by atoms with Crippen LogP contribution >= 0.6 is 0 Å². The maximum atomic E-state index is 12.7. The number of sulfone groups is 1. The molecule has 0 aliphatic carbocycles. The number of ether oxygens (including phenoxy) is 1. The van der Waals surface area contributed by atoms with E-state index in [1.54, 1.807) is 18.2 Å². The van der Waals surface area contributed by atoms with Crippen LogP contribution in [0, 0.1) is 6.57 Å². The lowest BCUT2D eigenvalue weighted by Crippen LogP contribution is -2.07.